The van der Waals surface area contributed by atoms with Crippen molar-refractivity contribution in [2.45, 2.75) is 51.0 Å². The molecule has 28 heavy (non-hydrogen) atoms. The van der Waals surface area contributed by atoms with Crippen LogP contribution in [0.25, 0.3) is 5.69 Å². The Hall–Kier alpha value is -2.68. The van der Waals surface area contributed by atoms with Crippen LogP contribution in [0.2, 0.25) is 0 Å². The zero-order valence-corrected chi connectivity index (χ0v) is 15.1. The molecule has 1 aliphatic carbocycles. The summed E-state index contributed by atoms with van der Waals surface area (Å²) in [4.78, 5) is 2.28. The van der Waals surface area contributed by atoms with Crippen molar-refractivity contribution in [3.63, 3.8) is 0 Å². The van der Waals surface area contributed by atoms with Gasteiger partial charge in [0.05, 0.1) is 30.6 Å². The molecule has 0 radical (unpaired) electrons. The fraction of sp³-hybridized carbons (Fsp3) is 0.421. The van der Waals surface area contributed by atoms with Crippen LogP contribution >= 0.6 is 0 Å². The lowest BCUT2D eigenvalue weighted by Gasteiger charge is -2.27. The summed E-state index contributed by atoms with van der Waals surface area (Å²) in [5, 5.41) is 11.8. The predicted molar refractivity (Wildman–Crippen MR) is 94.4 cm³/mol. The second-order valence-electron chi connectivity index (χ2n) is 6.97. The second-order valence-corrected chi connectivity index (χ2v) is 6.97. The monoisotopic (exact) mass is 391 g/mol. The number of rotatable bonds is 6. The number of tetrazole rings is 1. The SMILES string of the molecule is FC(F)(F)c1ccc(-n2nnnc2CN(Cc2ccco2)C2CCCC2)cc1. The summed E-state index contributed by atoms with van der Waals surface area (Å²) >= 11 is 0. The van der Waals surface area contributed by atoms with Crippen molar-refractivity contribution in [2.75, 3.05) is 0 Å². The molecule has 0 N–H and O–H groups in total. The lowest BCUT2D eigenvalue weighted by molar-refractivity contribution is -0.137. The van der Waals surface area contributed by atoms with Crippen LogP contribution < -0.4 is 0 Å². The van der Waals surface area contributed by atoms with Crippen LogP contribution in [0, 0.1) is 0 Å². The number of aromatic nitrogens is 4. The maximum absolute atomic E-state index is 12.8. The Balaban J connectivity index is 1.56. The number of halogens is 3. The van der Waals surface area contributed by atoms with Crippen molar-refractivity contribution in [2.24, 2.45) is 0 Å². The molecule has 0 aliphatic heterocycles. The van der Waals surface area contributed by atoms with E-state index < -0.39 is 11.7 Å². The molecular formula is C19H20F3N5O. The highest BCUT2D eigenvalue weighted by Crippen LogP contribution is 2.30. The lowest BCUT2D eigenvalue weighted by Crippen LogP contribution is -2.33. The topological polar surface area (TPSA) is 60.0 Å². The van der Waals surface area contributed by atoms with E-state index in [1.807, 2.05) is 12.1 Å². The minimum Gasteiger partial charge on any atom is -0.468 e. The molecule has 0 bridgehead atoms. The first-order valence-electron chi connectivity index (χ1n) is 9.22. The minimum absolute atomic E-state index is 0.405. The Labute approximate surface area is 159 Å². The van der Waals surface area contributed by atoms with Gasteiger partial charge >= 0.3 is 6.18 Å². The van der Waals surface area contributed by atoms with Crippen LogP contribution in [0.1, 0.15) is 42.8 Å². The largest absolute Gasteiger partial charge is 0.468 e. The number of nitrogens with zero attached hydrogens (tertiary/aromatic N) is 5. The predicted octanol–water partition coefficient (Wildman–Crippen LogP) is 4.22. The number of hydrogen-bond donors (Lipinski definition) is 0. The molecule has 0 spiro atoms. The Morgan fingerprint density at radius 2 is 1.82 bits per heavy atom. The van der Waals surface area contributed by atoms with Gasteiger partial charge in [0.15, 0.2) is 5.82 Å². The van der Waals surface area contributed by atoms with Gasteiger partial charge < -0.3 is 4.42 Å². The van der Waals surface area contributed by atoms with E-state index in [0.717, 1.165) is 30.7 Å². The Morgan fingerprint density at radius 3 is 2.46 bits per heavy atom. The molecule has 2 heterocycles. The second kappa shape index (κ2) is 7.75. The van der Waals surface area contributed by atoms with E-state index in [1.165, 1.54) is 29.7 Å². The van der Waals surface area contributed by atoms with Gasteiger partial charge in [0.25, 0.3) is 0 Å². The van der Waals surface area contributed by atoms with E-state index in [9.17, 15) is 13.2 Å². The van der Waals surface area contributed by atoms with Gasteiger partial charge in [0.2, 0.25) is 0 Å². The molecule has 0 saturated heterocycles. The molecule has 4 rings (SSSR count). The normalized spacial score (nSPS) is 15.6. The molecule has 0 amide bonds. The zero-order chi connectivity index (χ0) is 19.6. The third kappa shape index (κ3) is 4.09. The average Bonchev–Trinajstić information content (AvgIpc) is 3.43. The van der Waals surface area contributed by atoms with Gasteiger partial charge in [-0.2, -0.15) is 17.9 Å². The van der Waals surface area contributed by atoms with Crippen LogP contribution in [-0.2, 0) is 19.3 Å². The first-order chi connectivity index (χ1) is 13.5. The smallest absolute Gasteiger partial charge is 0.416 e. The molecule has 1 aromatic carbocycles. The number of hydrogen-bond acceptors (Lipinski definition) is 5. The first kappa shape index (κ1) is 18.7. The summed E-state index contributed by atoms with van der Waals surface area (Å²) in [6, 6.07) is 9.04. The van der Waals surface area contributed by atoms with Gasteiger partial charge in [0.1, 0.15) is 5.76 Å². The van der Waals surface area contributed by atoms with E-state index in [-0.39, 0.29) is 0 Å². The third-order valence-electron chi connectivity index (χ3n) is 5.10. The lowest BCUT2D eigenvalue weighted by atomic mass is 10.2. The molecule has 148 valence electrons. The van der Waals surface area contributed by atoms with Gasteiger partial charge in [-0.05, 0) is 59.7 Å². The van der Waals surface area contributed by atoms with Crippen molar-refractivity contribution in [3.8, 4) is 5.69 Å². The molecule has 1 fully saturated rings. The third-order valence-corrected chi connectivity index (χ3v) is 5.10. The van der Waals surface area contributed by atoms with Crippen LogP contribution in [0.5, 0.6) is 0 Å². The summed E-state index contributed by atoms with van der Waals surface area (Å²) in [6.45, 7) is 1.12. The zero-order valence-electron chi connectivity index (χ0n) is 15.1. The van der Waals surface area contributed by atoms with Crippen molar-refractivity contribution < 1.29 is 17.6 Å². The van der Waals surface area contributed by atoms with Crippen molar-refractivity contribution >= 4 is 0 Å². The van der Waals surface area contributed by atoms with E-state index >= 15 is 0 Å². The molecule has 2 aromatic heterocycles. The summed E-state index contributed by atoms with van der Waals surface area (Å²) in [5.41, 5.74) is -0.200. The number of alkyl halides is 3. The Morgan fingerprint density at radius 1 is 1.07 bits per heavy atom. The molecule has 1 saturated carbocycles. The van der Waals surface area contributed by atoms with Crippen LogP contribution in [0.15, 0.2) is 47.1 Å². The fourth-order valence-corrected chi connectivity index (χ4v) is 3.66. The quantitative estimate of drug-likeness (QED) is 0.630. The highest BCUT2D eigenvalue weighted by molar-refractivity contribution is 5.35. The van der Waals surface area contributed by atoms with Gasteiger partial charge in [-0.1, -0.05) is 12.8 Å². The highest BCUT2D eigenvalue weighted by Gasteiger charge is 2.30. The standard InChI is InChI=1S/C19H20F3N5O/c20-19(21,22)14-7-9-16(10-8-14)27-18(23-24-25-27)13-26(15-4-1-2-5-15)12-17-6-3-11-28-17/h3,6-11,15H,1-2,4-5,12-13H2. The van der Waals surface area contributed by atoms with E-state index in [2.05, 4.69) is 20.4 Å². The van der Waals surface area contributed by atoms with Gasteiger partial charge in [-0.25, -0.2) is 0 Å². The Kier molecular flexibility index (Phi) is 5.17. The van der Waals surface area contributed by atoms with Crippen LogP contribution in [-0.4, -0.2) is 31.1 Å². The summed E-state index contributed by atoms with van der Waals surface area (Å²) < 4.78 is 45.4. The molecule has 1 aliphatic rings. The fourth-order valence-electron chi connectivity index (χ4n) is 3.66. The maximum Gasteiger partial charge on any atom is 0.416 e. The number of furan rings is 1. The first-order valence-corrected chi connectivity index (χ1v) is 9.22. The van der Waals surface area contributed by atoms with Crippen LogP contribution in [0.3, 0.4) is 0 Å². The highest BCUT2D eigenvalue weighted by atomic mass is 19.4. The molecule has 0 atom stereocenters. The van der Waals surface area contributed by atoms with E-state index in [0.29, 0.717) is 30.6 Å². The molecular weight excluding hydrogens is 371 g/mol. The van der Waals surface area contributed by atoms with Crippen molar-refractivity contribution in [3.05, 3.63) is 59.8 Å². The van der Waals surface area contributed by atoms with Crippen LogP contribution in [0.4, 0.5) is 13.2 Å². The average molecular weight is 391 g/mol. The maximum atomic E-state index is 12.8. The number of benzene rings is 1. The molecule has 6 nitrogen and oxygen atoms in total. The molecule has 0 unspecified atom stereocenters. The van der Waals surface area contributed by atoms with Crippen molar-refractivity contribution in [1.82, 2.24) is 25.1 Å². The summed E-state index contributed by atoms with van der Waals surface area (Å²) in [6.07, 6.45) is 1.84. The van der Waals surface area contributed by atoms with Crippen molar-refractivity contribution in [1.29, 1.82) is 0 Å². The van der Waals surface area contributed by atoms with E-state index in [1.54, 1.807) is 6.26 Å². The molecule has 9 heteroatoms. The van der Waals surface area contributed by atoms with Gasteiger partial charge in [0, 0.05) is 6.04 Å². The van der Waals surface area contributed by atoms with Gasteiger partial charge in [-0.15, -0.1) is 5.10 Å². The minimum atomic E-state index is -4.37. The van der Waals surface area contributed by atoms with Gasteiger partial charge in [-0.3, -0.25) is 4.90 Å². The molecule has 3 aromatic rings. The summed E-state index contributed by atoms with van der Waals surface area (Å²) in [5.74, 6) is 1.44. The van der Waals surface area contributed by atoms with E-state index in [4.69, 9.17) is 4.42 Å². The Bertz CT molecular complexity index is 883. The summed E-state index contributed by atoms with van der Waals surface area (Å²) in [7, 11) is 0.